The van der Waals surface area contributed by atoms with E-state index in [1.54, 1.807) is 18.0 Å². The molecule has 0 aliphatic carbocycles. The van der Waals surface area contributed by atoms with Crippen molar-refractivity contribution >= 4 is 29.3 Å². The Balaban J connectivity index is 1.48. The summed E-state index contributed by atoms with van der Waals surface area (Å²) in [5, 5.41) is 3.96. The van der Waals surface area contributed by atoms with E-state index in [0.29, 0.717) is 17.4 Å². The minimum atomic E-state index is -0.215. The van der Waals surface area contributed by atoms with Crippen LogP contribution in [-0.4, -0.2) is 26.7 Å². The summed E-state index contributed by atoms with van der Waals surface area (Å²) in [5.74, 6) is 2.28. The molecule has 0 saturated carbocycles. The van der Waals surface area contributed by atoms with Crippen molar-refractivity contribution in [1.82, 2.24) is 20.3 Å². The van der Waals surface area contributed by atoms with Crippen molar-refractivity contribution < 1.29 is 9.53 Å². The number of pyridine rings is 1. The van der Waals surface area contributed by atoms with Gasteiger partial charge in [-0.05, 0) is 18.2 Å². The summed E-state index contributed by atoms with van der Waals surface area (Å²) in [7, 11) is 0. The predicted molar refractivity (Wildman–Crippen MR) is 96.9 cm³/mol. The van der Waals surface area contributed by atoms with Crippen LogP contribution in [-0.2, 0) is 0 Å². The largest absolute Gasteiger partial charge is 0.438 e. The smallest absolute Gasteiger partial charge is 0.328 e. The van der Waals surface area contributed by atoms with E-state index in [2.05, 4.69) is 20.3 Å². The highest BCUT2D eigenvalue weighted by Crippen LogP contribution is 2.46. The Morgan fingerprint density at radius 1 is 1.12 bits per heavy atom. The Morgan fingerprint density at radius 3 is 2.81 bits per heavy atom. The van der Waals surface area contributed by atoms with E-state index in [9.17, 15) is 4.79 Å². The first-order valence-electron chi connectivity index (χ1n) is 8.07. The van der Waals surface area contributed by atoms with E-state index in [1.165, 1.54) is 17.3 Å². The fourth-order valence-corrected chi connectivity index (χ4v) is 4.19. The van der Waals surface area contributed by atoms with Gasteiger partial charge in [-0.25, -0.2) is 24.6 Å². The summed E-state index contributed by atoms with van der Waals surface area (Å²) in [6.45, 7) is 0. The van der Waals surface area contributed by atoms with Crippen molar-refractivity contribution in [2.24, 2.45) is 0 Å². The molecular weight excluding hydrogens is 350 g/mol. The Hall–Kier alpha value is -3.13. The molecule has 1 atom stereocenters. The van der Waals surface area contributed by atoms with Gasteiger partial charge in [0, 0.05) is 17.5 Å². The van der Waals surface area contributed by atoms with E-state index in [4.69, 9.17) is 4.74 Å². The molecular formula is C18H13N5O2S. The van der Waals surface area contributed by atoms with E-state index in [0.717, 1.165) is 22.0 Å². The van der Waals surface area contributed by atoms with Crippen molar-refractivity contribution in [2.75, 3.05) is 10.7 Å². The molecule has 2 aliphatic rings. The number of hydrogen-bond donors (Lipinski definition) is 1. The minimum Gasteiger partial charge on any atom is -0.438 e. The SMILES string of the molecule is O=C1NC2CSc3nccc(c32)N1c1cnc(Oc2ccccc2)cn1. The zero-order valence-electron chi connectivity index (χ0n) is 13.5. The zero-order chi connectivity index (χ0) is 17.5. The lowest BCUT2D eigenvalue weighted by atomic mass is 10.1. The number of anilines is 2. The second kappa shape index (κ2) is 5.99. The number of carbonyl (C=O) groups is 1. The minimum absolute atomic E-state index is 0.00361. The Kier molecular flexibility index (Phi) is 3.49. The fourth-order valence-electron chi connectivity index (χ4n) is 3.08. The number of ether oxygens (including phenoxy) is 1. The number of rotatable bonds is 3. The fraction of sp³-hybridized carbons (Fsp3) is 0.111. The van der Waals surface area contributed by atoms with Gasteiger partial charge in [0.15, 0.2) is 5.82 Å². The summed E-state index contributed by atoms with van der Waals surface area (Å²) in [5.41, 5.74) is 1.85. The maximum absolute atomic E-state index is 12.6. The summed E-state index contributed by atoms with van der Waals surface area (Å²) in [6.07, 6.45) is 4.76. The molecule has 1 N–H and O–H groups in total. The van der Waals surface area contributed by atoms with Crippen LogP contribution in [0.5, 0.6) is 11.6 Å². The van der Waals surface area contributed by atoms with Crippen LogP contribution in [0.2, 0.25) is 0 Å². The van der Waals surface area contributed by atoms with Gasteiger partial charge < -0.3 is 10.1 Å². The second-order valence-corrected chi connectivity index (χ2v) is 6.83. The Labute approximate surface area is 153 Å². The highest BCUT2D eigenvalue weighted by molar-refractivity contribution is 7.99. The van der Waals surface area contributed by atoms with Crippen molar-refractivity contribution in [1.29, 1.82) is 0 Å². The molecule has 2 amide bonds. The monoisotopic (exact) mass is 363 g/mol. The molecule has 2 aliphatic heterocycles. The summed E-state index contributed by atoms with van der Waals surface area (Å²) in [4.78, 5) is 27.2. The van der Waals surface area contributed by atoms with Crippen LogP contribution < -0.4 is 15.0 Å². The summed E-state index contributed by atoms with van der Waals surface area (Å²) >= 11 is 1.65. The van der Waals surface area contributed by atoms with Gasteiger partial charge in [0.2, 0.25) is 5.88 Å². The maximum Gasteiger partial charge on any atom is 0.328 e. The summed E-state index contributed by atoms with van der Waals surface area (Å²) in [6, 6.07) is 11.0. The Morgan fingerprint density at radius 2 is 2.00 bits per heavy atom. The van der Waals surface area contributed by atoms with Crippen molar-refractivity contribution in [3.05, 3.63) is 60.6 Å². The van der Waals surface area contributed by atoms with Crippen LogP contribution in [0, 0.1) is 0 Å². The number of hydrogen-bond acceptors (Lipinski definition) is 6. The number of amides is 2. The molecule has 8 heteroatoms. The normalized spacial score (nSPS) is 17.6. The van der Waals surface area contributed by atoms with Gasteiger partial charge in [-0.3, -0.25) is 0 Å². The molecule has 128 valence electrons. The van der Waals surface area contributed by atoms with Crippen molar-refractivity contribution in [3.63, 3.8) is 0 Å². The zero-order valence-corrected chi connectivity index (χ0v) is 14.3. The van der Waals surface area contributed by atoms with E-state index in [1.807, 2.05) is 36.4 Å². The molecule has 4 heterocycles. The second-order valence-electron chi connectivity index (χ2n) is 5.83. The third kappa shape index (κ3) is 2.46. The van der Waals surface area contributed by atoms with Crippen LogP contribution >= 0.6 is 11.8 Å². The van der Waals surface area contributed by atoms with E-state index in [-0.39, 0.29) is 12.1 Å². The van der Waals surface area contributed by atoms with Gasteiger partial charge in [-0.2, -0.15) is 0 Å². The first kappa shape index (κ1) is 15.2. The lowest BCUT2D eigenvalue weighted by Crippen LogP contribution is -2.44. The quantitative estimate of drug-likeness (QED) is 0.765. The van der Waals surface area contributed by atoms with E-state index >= 15 is 0 Å². The van der Waals surface area contributed by atoms with Crippen LogP contribution in [0.25, 0.3) is 0 Å². The molecule has 26 heavy (non-hydrogen) atoms. The molecule has 0 radical (unpaired) electrons. The first-order valence-corrected chi connectivity index (χ1v) is 9.05. The molecule has 0 fully saturated rings. The molecule has 1 aromatic carbocycles. The molecule has 0 saturated heterocycles. The first-order chi connectivity index (χ1) is 12.8. The number of nitrogens with one attached hydrogen (secondary N) is 1. The molecule has 7 nitrogen and oxygen atoms in total. The summed E-state index contributed by atoms with van der Waals surface area (Å²) < 4.78 is 5.66. The van der Waals surface area contributed by atoms with Crippen LogP contribution in [0.1, 0.15) is 11.6 Å². The van der Waals surface area contributed by atoms with Gasteiger partial charge in [0.25, 0.3) is 0 Å². The van der Waals surface area contributed by atoms with Gasteiger partial charge >= 0.3 is 6.03 Å². The molecule has 2 aromatic heterocycles. The van der Waals surface area contributed by atoms with Crippen molar-refractivity contribution in [3.8, 4) is 11.6 Å². The highest BCUT2D eigenvalue weighted by atomic mass is 32.2. The average Bonchev–Trinajstić information content (AvgIpc) is 3.08. The topological polar surface area (TPSA) is 80.2 Å². The average molecular weight is 363 g/mol. The van der Waals surface area contributed by atoms with Crippen LogP contribution in [0.4, 0.5) is 16.3 Å². The predicted octanol–water partition coefficient (Wildman–Crippen LogP) is 3.67. The standard InChI is InChI=1S/C18H13N5O2S/c24-18-22-12-10-26-17-16(12)13(6-7-19-17)23(18)14-8-21-15(9-20-14)25-11-4-2-1-3-5-11/h1-9,12H,10H2,(H,22,24). The molecule has 5 rings (SSSR count). The number of thioether (sulfide) groups is 1. The highest BCUT2D eigenvalue weighted by Gasteiger charge is 2.38. The van der Waals surface area contributed by atoms with Crippen LogP contribution in [0.3, 0.4) is 0 Å². The van der Waals surface area contributed by atoms with Gasteiger partial charge in [0.1, 0.15) is 10.8 Å². The number of carbonyl (C=O) groups excluding carboxylic acids is 1. The molecule has 1 unspecified atom stereocenters. The number of nitrogens with zero attached hydrogens (tertiary/aromatic N) is 4. The van der Waals surface area contributed by atoms with Crippen LogP contribution in [0.15, 0.2) is 60.0 Å². The van der Waals surface area contributed by atoms with Gasteiger partial charge in [0.05, 0.1) is 24.1 Å². The van der Waals surface area contributed by atoms with Gasteiger partial charge in [-0.15, -0.1) is 11.8 Å². The number of para-hydroxylation sites is 1. The van der Waals surface area contributed by atoms with Crippen molar-refractivity contribution in [2.45, 2.75) is 11.1 Å². The lowest BCUT2D eigenvalue weighted by Gasteiger charge is -2.31. The Bertz CT molecular complexity index is 981. The molecule has 0 spiro atoms. The lowest BCUT2D eigenvalue weighted by molar-refractivity contribution is 0.244. The molecule has 0 bridgehead atoms. The number of benzene rings is 1. The van der Waals surface area contributed by atoms with Gasteiger partial charge in [-0.1, -0.05) is 18.2 Å². The maximum atomic E-state index is 12.6. The third-order valence-corrected chi connectivity index (χ3v) is 5.32. The molecule has 3 aromatic rings. The number of urea groups is 1. The number of aromatic nitrogens is 3. The third-order valence-electron chi connectivity index (χ3n) is 4.22. The van der Waals surface area contributed by atoms with E-state index < -0.39 is 0 Å².